The van der Waals surface area contributed by atoms with Crippen molar-refractivity contribution >= 4 is 39.1 Å². The molecular weight excluding hydrogens is 315 g/mol. The van der Waals surface area contributed by atoms with Crippen molar-refractivity contribution in [1.82, 2.24) is 0 Å². The highest BCUT2D eigenvalue weighted by molar-refractivity contribution is 9.10. The Morgan fingerprint density at radius 1 is 1.25 bits per heavy atom. The molecule has 2 atom stereocenters. The van der Waals surface area contributed by atoms with Gasteiger partial charge in [0.15, 0.2) is 0 Å². The van der Waals surface area contributed by atoms with Crippen molar-refractivity contribution in [3.05, 3.63) is 26.7 Å². The molecule has 1 N–H and O–H groups in total. The minimum absolute atomic E-state index is 0.172. The fourth-order valence-electron chi connectivity index (χ4n) is 1.80. The molecule has 2 nitrogen and oxygen atoms in total. The summed E-state index contributed by atoms with van der Waals surface area (Å²) in [6, 6.07) is 3.36. The molecule has 1 saturated carbocycles. The van der Waals surface area contributed by atoms with Crippen LogP contribution in [0.4, 0.5) is 0 Å². The van der Waals surface area contributed by atoms with Gasteiger partial charge in [0.25, 0.3) is 0 Å². The Morgan fingerprint density at radius 3 is 2.62 bits per heavy atom. The van der Waals surface area contributed by atoms with Gasteiger partial charge in [-0.05, 0) is 41.3 Å². The molecule has 0 amide bonds. The lowest BCUT2D eigenvalue weighted by molar-refractivity contribution is 0.0605. The van der Waals surface area contributed by atoms with E-state index in [0.717, 1.165) is 23.7 Å². The maximum Gasteiger partial charge on any atom is 0.140 e. The largest absolute Gasteiger partial charge is 0.486 e. The summed E-state index contributed by atoms with van der Waals surface area (Å²) in [6.07, 6.45) is 2.04. The molecule has 1 fully saturated rings. The van der Waals surface area contributed by atoms with Gasteiger partial charge in [-0.15, -0.1) is 0 Å². The number of rotatable bonds is 2. The van der Waals surface area contributed by atoms with E-state index in [9.17, 15) is 5.11 Å². The van der Waals surface area contributed by atoms with E-state index in [2.05, 4.69) is 15.9 Å². The van der Waals surface area contributed by atoms with Crippen LogP contribution >= 0.6 is 39.1 Å². The van der Waals surface area contributed by atoms with Gasteiger partial charge in [0.1, 0.15) is 11.9 Å². The Balaban J connectivity index is 2.18. The number of benzene rings is 1. The summed E-state index contributed by atoms with van der Waals surface area (Å²) in [5.41, 5.74) is 0. The summed E-state index contributed by atoms with van der Waals surface area (Å²) in [4.78, 5) is 0. The van der Waals surface area contributed by atoms with Crippen molar-refractivity contribution < 1.29 is 9.84 Å². The van der Waals surface area contributed by atoms with Gasteiger partial charge in [-0.2, -0.15) is 0 Å². The van der Waals surface area contributed by atoms with Crippen LogP contribution in [0.15, 0.2) is 16.6 Å². The molecule has 0 bridgehead atoms. The molecule has 88 valence electrons. The molecule has 0 saturated heterocycles. The third kappa shape index (κ3) is 2.65. The van der Waals surface area contributed by atoms with Crippen LogP contribution in [0.3, 0.4) is 0 Å². The van der Waals surface area contributed by atoms with Crippen LogP contribution < -0.4 is 4.74 Å². The second kappa shape index (κ2) is 5.13. The van der Waals surface area contributed by atoms with Crippen molar-refractivity contribution in [2.75, 3.05) is 0 Å². The number of aliphatic hydroxyl groups excluding tert-OH is 1. The van der Waals surface area contributed by atoms with Gasteiger partial charge in [-0.25, -0.2) is 0 Å². The fraction of sp³-hybridized carbons (Fsp3) is 0.455. The first-order valence-electron chi connectivity index (χ1n) is 5.07. The Labute approximate surface area is 113 Å². The minimum Gasteiger partial charge on any atom is -0.486 e. The van der Waals surface area contributed by atoms with Gasteiger partial charge in [0.2, 0.25) is 0 Å². The quantitative estimate of drug-likeness (QED) is 0.831. The van der Waals surface area contributed by atoms with Gasteiger partial charge in [-0.3, -0.25) is 0 Å². The predicted octanol–water partition coefficient (Wildman–Crippen LogP) is 4.05. The average molecular weight is 326 g/mol. The summed E-state index contributed by atoms with van der Waals surface area (Å²) in [6.45, 7) is 0. The highest BCUT2D eigenvalue weighted by Gasteiger charge is 2.27. The monoisotopic (exact) mass is 324 g/mol. The van der Waals surface area contributed by atoms with Gasteiger partial charge in [0, 0.05) is 10.5 Å². The van der Waals surface area contributed by atoms with Gasteiger partial charge < -0.3 is 9.84 Å². The van der Waals surface area contributed by atoms with E-state index in [-0.39, 0.29) is 6.10 Å². The van der Waals surface area contributed by atoms with Crippen LogP contribution in [0.25, 0.3) is 0 Å². The Hall–Kier alpha value is 0.0400. The molecule has 0 aromatic heterocycles. The Bertz CT molecular complexity index is 398. The van der Waals surface area contributed by atoms with E-state index in [0.29, 0.717) is 15.8 Å². The zero-order valence-corrected chi connectivity index (χ0v) is 11.5. The van der Waals surface area contributed by atoms with Crippen LogP contribution in [0.1, 0.15) is 19.3 Å². The zero-order valence-electron chi connectivity index (χ0n) is 8.42. The van der Waals surface area contributed by atoms with Crippen molar-refractivity contribution in [3.63, 3.8) is 0 Å². The highest BCUT2D eigenvalue weighted by Crippen LogP contribution is 2.36. The normalized spacial score (nSPS) is 24.8. The number of hydrogen-bond acceptors (Lipinski definition) is 2. The second-order valence-electron chi connectivity index (χ2n) is 3.85. The van der Waals surface area contributed by atoms with Gasteiger partial charge in [-0.1, -0.05) is 23.2 Å². The molecule has 0 aliphatic heterocycles. The summed E-state index contributed by atoms with van der Waals surface area (Å²) in [7, 11) is 0. The highest BCUT2D eigenvalue weighted by atomic mass is 79.9. The van der Waals surface area contributed by atoms with E-state index in [1.807, 2.05) is 0 Å². The maximum atomic E-state index is 9.65. The fourth-order valence-corrected chi connectivity index (χ4v) is 2.64. The number of aliphatic hydroxyl groups is 1. The summed E-state index contributed by atoms with van der Waals surface area (Å²) < 4.78 is 6.40. The standard InChI is InChI=1S/C11H11BrCl2O2/c12-6-4-8(14)11(5-7(6)13)16-10-3-1-2-9(10)15/h4-5,9-10,15H,1-3H2/t9-,10-/m0/s1. The first kappa shape index (κ1) is 12.5. The predicted molar refractivity (Wildman–Crippen MR) is 68.4 cm³/mol. The molecule has 1 aliphatic rings. The Kier molecular flexibility index (Phi) is 4.01. The van der Waals surface area contributed by atoms with Crippen molar-refractivity contribution in [2.24, 2.45) is 0 Å². The lowest BCUT2D eigenvalue weighted by Gasteiger charge is -2.18. The average Bonchev–Trinajstić information content (AvgIpc) is 2.61. The van der Waals surface area contributed by atoms with E-state index in [4.69, 9.17) is 27.9 Å². The van der Waals surface area contributed by atoms with Crippen LogP contribution in [0.5, 0.6) is 5.75 Å². The molecule has 1 aromatic carbocycles. The van der Waals surface area contributed by atoms with E-state index in [1.54, 1.807) is 12.1 Å². The zero-order chi connectivity index (χ0) is 11.7. The smallest absolute Gasteiger partial charge is 0.140 e. The van der Waals surface area contributed by atoms with Crippen LogP contribution in [0, 0.1) is 0 Å². The number of halogens is 3. The van der Waals surface area contributed by atoms with Crippen LogP contribution in [-0.2, 0) is 0 Å². The SMILES string of the molecule is O[C@H]1CCC[C@@H]1Oc1cc(Cl)c(Br)cc1Cl. The van der Waals surface area contributed by atoms with Crippen molar-refractivity contribution in [2.45, 2.75) is 31.5 Å². The van der Waals surface area contributed by atoms with E-state index in [1.165, 1.54) is 0 Å². The third-order valence-corrected chi connectivity index (χ3v) is 4.16. The second-order valence-corrected chi connectivity index (χ2v) is 5.52. The van der Waals surface area contributed by atoms with Gasteiger partial charge >= 0.3 is 0 Å². The first-order chi connectivity index (χ1) is 7.58. The lowest BCUT2D eigenvalue weighted by atomic mass is 10.2. The topological polar surface area (TPSA) is 29.5 Å². The molecule has 0 spiro atoms. The summed E-state index contributed by atoms with van der Waals surface area (Å²) >= 11 is 15.3. The molecule has 1 aliphatic carbocycles. The molecule has 5 heteroatoms. The first-order valence-corrected chi connectivity index (χ1v) is 6.62. The molecule has 0 heterocycles. The van der Waals surface area contributed by atoms with E-state index >= 15 is 0 Å². The lowest BCUT2D eigenvalue weighted by Crippen LogP contribution is -2.25. The Morgan fingerprint density at radius 2 is 2.00 bits per heavy atom. The van der Waals surface area contributed by atoms with Crippen molar-refractivity contribution in [3.8, 4) is 5.75 Å². The number of hydrogen-bond donors (Lipinski definition) is 1. The molecule has 0 radical (unpaired) electrons. The third-order valence-electron chi connectivity index (χ3n) is 2.67. The molecule has 16 heavy (non-hydrogen) atoms. The molecule has 0 unspecified atom stereocenters. The van der Waals surface area contributed by atoms with Gasteiger partial charge in [0.05, 0.1) is 16.1 Å². The molecule has 1 aromatic rings. The summed E-state index contributed by atoms with van der Waals surface area (Å²) in [5, 5.41) is 10.7. The maximum absolute atomic E-state index is 9.65. The summed E-state index contributed by atoms with van der Waals surface area (Å²) in [5.74, 6) is 0.529. The minimum atomic E-state index is -0.404. The molecular formula is C11H11BrCl2O2. The van der Waals surface area contributed by atoms with Crippen molar-refractivity contribution in [1.29, 1.82) is 0 Å². The van der Waals surface area contributed by atoms with Crippen LogP contribution in [0.2, 0.25) is 10.0 Å². The van der Waals surface area contributed by atoms with Crippen LogP contribution in [-0.4, -0.2) is 17.3 Å². The van der Waals surface area contributed by atoms with E-state index < -0.39 is 6.10 Å². The number of ether oxygens (including phenoxy) is 1. The molecule has 2 rings (SSSR count).